The number of rotatable bonds is 1. The minimum absolute atomic E-state index is 0.0344. The van der Waals surface area contributed by atoms with Gasteiger partial charge in [0.05, 0.1) is 12.1 Å². The second-order valence-electron chi connectivity index (χ2n) is 2.11. The Morgan fingerprint density at radius 1 is 1.31 bits per heavy atom. The monoisotopic (exact) mass is 517 g/mol. The minimum atomic E-state index is -0.453. The fraction of sp³-hybridized carbons (Fsp3) is 0. The quantitative estimate of drug-likeness (QED) is 0.270. The van der Waals surface area contributed by atoms with E-state index < -0.39 is 4.92 Å². The van der Waals surface area contributed by atoms with Crippen molar-refractivity contribution in [2.45, 2.75) is 0 Å². The van der Waals surface area contributed by atoms with E-state index in [1.807, 2.05) is 67.8 Å². The van der Waals surface area contributed by atoms with E-state index >= 15 is 0 Å². The zero-order chi connectivity index (χ0) is 10.2. The van der Waals surface area contributed by atoms with Crippen molar-refractivity contribution < 1.29 is 10.0 Å². The summed E-state index contributed by atoms with van der Waals surface area (Å²) in [6, 6.07) is 1.36. The molecule has 0 aliphatic carbocycles. The molecule has 0 aliphatic heterocycles. The molecule has 0 unspecified atom stereocenters. The van der Waals surface area contributed by atoms with Crippen LogP contribution >= 0.6 is 67.8 Å². The Morgan fingerprint density at radius 3 is 2.31 bits per heavy atom. The van der Waals surface area contributed by atoms with Gasteiger partial charge in [0.2, 0.25) is 0 Å². The maximum absolute atomic E-state index is 10.5. The molecule has 0 spiro atoms. The highest BCUT2D eigenvalue weighted by Crippen LogP contribution is 2.35. The number of hydrogen-bond donors (Lipinski definition) is 1. The van der Waals surface area contributed by atoms with E-state index in [9.17, 15) is 15.2 Å². The first-order valence-corrected chi connectivity index (χ1v) is 6.19. The second-order valence-corrected chi connectivity index (χ2v) is 5.43. The second kappa shape index (κ2) is 4.42. The fourth-order valence-electron chi connectivity index (χ4n) is 0.706. The first-order valence-electron chi connectivity index (χ1n) is 2.96. The highest BCUT2D eigenvalue weighted by atomic mass is 127. The van der Waals surface area contributed by atoms with Crippen molar-refractivity contribution in [2.24, 2.45) is 0 Å². The molecule has 7 heteroatoms. The maximum atomic E-state index is 10.5. The van der Waals surface area contributed by atoms with Gasteiger partial charge in [0.25, 0.3) is 5.69 Å². The van der Waals surface area contributed by atoms with Crippen LogP contribution in [-0.4, -0.2) is 10.0 Å². The SMILES string of the molecule is O=[N+]([O-])c1cc(I)c(O)c(I)c1I. The van der Waals surface area contributed by atoms with Gasteiger partial charge < -0.3 is 5.11 Å². The van der Waals surface area contributed by atoms with Gasteiger partial charge in [-0.05, 0) is 67.8 Å². The van der Waals surface area contributed by atoms with E-state index in [0.29, 0.717) is 10.7 Å². The largest absolute Gasteiger partial charge is 0.506 e. The third kappa shape index (κ3) is 2.34. The van der Waals surface area contributed by atoms with Crippen molar-refractivity contribution in [3.8, 4) is 5.75 Å². The molecule has 0 aliphatic rings. The Hall–Kier alpha value is 0.610. The van der Waals surface area contributed by atoms with Crippen LogP contribution in [-0.2, 0) is 0 Å². The van der Waals surface area contributed by atoms with Crippen LogP contribution < -0.4 is 0 Å². The molecule has 4 nitrogen and oxygen atoms in total. The summed E-state index contributed by atoms with van der Waals surface area (Å²) in [7, 11) is 0. The number of benzene rings is 1. The normalized spacial score (nSPS) is 10.1. The summed E-state index contributed by atoms with van der Waals surface area (Å²) in [5.74, 6) is 0.108. The number of phenols is 1. The number of nitro benzene ring substituents is 1. The van der Waals surface area contributed by atoms with Crippen molar-refractivity contribution in [1.82, 2.24) is 0 Å². The molecular weight excluding hydrogens is 515 g/mol. The third-order valence-electron chi connectivity index (χ3n) is 1.31. The van der Waals surface area contributed by atoms with Crippen molar-refractivity contribution in [3.63, 3.8) is 0 Å². The Kier molecular flexibility index (Phi) is 3.97. The average Bonchev–Trinajstić information content (AvgIpc) is 2.07. The van der Waals surface area contributed by atoms with Gasteiger partial charge in [-0.1, -0.05) is 0 Å². The zero-order valence-corrected chi connectivity index (χ0v) is 12.4. The van der Waals surface area contributed by atoms with Crippen molar-refractivity contribution in [2.75, 3.05) is 0 Å². The summed E-state index contributed by atoms with van der Waals surface area (Å²) in [5.41, 5.74) is 0.0344. The van der Waals surface area contributed by atoms with Gasteiger partial charge in [0.15, 0.2) is 0 Å². The van der Waals surface area contributed by atoms with Crippen LogP contribution in [0.15, 0.2) is 6.07 Å². The van der Waals surface area contributed by atoms with Crippen LogP contribution in [0.25, 0.3) is 0 Å². The average molecular weight is 517 g/mol. The summed E-state index contributed by atoms with van der Waals surface area (Å²) in [4.78, 5) is 10.1. The van der Waals surface area contributed by atoms with E-state index in [4.69, 9.17) is 0 Å². The number of nitro groups is 1. The van der Waals surface area contributed by atoms with Gasteiger partial charge in [-0.3, -0.25) is 10.1 Å². The van der Waals surface area contributed by atoms with Crippen LogP contribution in [0.4, 0.5) is 5.69 Å². The van der Waals surface area contributed by atoms with Crippen LogP contribution in [0.5, 0.6) is 5.75 Å². The molecule has 1 aromatic carbocycles. The molecule has 13 heavy (non-hydrogen) atoms. The third-order valence-corrected chi connectivity index (χ3v) is 5.31. The van der Waals surface area contributed by atoms with Crippen LogP contribution in [0.2, 0.25) is 0 Å². The van der Waals surface area contributed by atoms with E-state index in [0.717, 1.165) is 0 Å². The van der Waals surface area contributed by atoms with Crippen LogP contribution in [0, 0.1) is 20.8 Å². The molecular formula is C6H2I3NO3. The van der Waals surface area contributed by atoms with Gasteiger partial charge in [-0.25, -0.2) is 0 Å². The van der Waals surface area contributed by atoms with Crippen molar-refractivity contribution in [3.05, 3.63) is 26.9 Å². The lowest BCUT2D eigenvalue weighted by atomic mass is 10.3. The molecule has 70 valence electrons. The maximum Gasteiger partial charge on any atom is 0.285 e. The smallest absolute Gasteiger partial charge is 0.285 e. The summed E-state index contributed by atoms with van der Waals surface area (Å²) in [5, 5.41) is 20.0. The highest BCUT2D eigenvalue weighted by Gasteiger charge is 2.19. The number of phenolic OH excluding ortho intramolecular Hbond substituents is 1. The van der Waals surface area contributed by atoms with Crippen LogP contribution in [0.3, 0.4) is 0 Å². The molecule has 1 N–H and O–H groups in total. The predicted molar refractivity (Wildman–Crippen MR) is 72.9 cm³/mol. The van der Waals surface area contributed by atoms with Gasteiger partial charge >= 0.3 is 0 Å². The summed E-state index contributed by atoms with van der Waals surface area (Å²) < 4.78 is 1.49. The number of hydrogen-bond acceptors (Lipinski definition) is 3. The number of nitrogens with zero attached hydrogens (tertiary/aromatic N) is 1. The molecule has 0 aromatic heterocycles. The minimum Gasteiger partial charge on any atom is -0.506 e. The lowest BCUT2D eigenvalue weighted by Gasteiger charge is -2.03. The Bertz CT molecular complexity index is 380. The number of halogens is 3. The molecule has 0 bridgehead atoms. The lowest BCUT2D eigenvalue weighted by Crippen LogP contribution is -1.95. The topological polar surface area (TPSA) is 63.4 Å². The summed E-state index contributed by atoms with van der Waals surface area (Å²) >= 11 is 5.60. The molecule has 0 fully saturated rings. The Balaban J connectivity index is 3.50. The van der Waals surface area contributed by atoms with Gasteiger partial charge in [0, 0.05) is 6.07 Å². The lowest BCUT2D eigenvalue weighted by molar-refractivity contribution is -0.386. The molecule has 0 saturated heterocycles. The molecule has 0 radical (unpaired) electrons. The first-order chi connectivity index (χ1) is 5.95. The molecule has 1 aromatic rings. The van der Waals surface area contributed by atoms with Crippen molar-refractivity contribution >= 4 is 73.5 Å². The first kappa shape index (κ1) is 11.7. The van der Waals surface area contributed by atoms with E-state index in [2.05, 4.69) is 0 Å². The van der Waals surface area contributed by atoms with E-state index in [1.54, 1.807) is 0 Å². The summed E-state index contributed by atoms with van der Waals surface area (Å²) in [6.45, 7) is 0. The molecule has 0 heterocycles. The molecule has 0 amide bonds. The highest BCUT2D eigenvalue weighted by molar-refractivity contribution is 14.1. The van der Waals surface area contributed by atoms with E-state index in [1.165, 1.54) is 6.07 Å². The number of aromatic hydroxyl groups is 1. The Morgan fingerprint density at radius 2 is 1.85 bits per heavy atom. The fourth-order valence-corrected chi connectivity index (χ4v) is 2.96. The predicted octanol–water partition coefficient (Wildman–Crippen LogP) is 3.11. The molecule has 1 rings (SSSR count). The Labute approximate surface area is 115 Å². The van der Waals surface area contributed by atoms with E-state index in [-0.39, 0.29) is 11.4 Å². The van der Waals surface area contributed by atoms with Gasteiger partial charge in [-0.2, -0.15) is 0 Å². The summed E-state index contributed by atoms with van der Waals surface area (Å²) in [6.07, 6.45) is 0. The molecule has 0 atom stereocenters. The standard InChI is InChI=1S/C6H2I3NO3/c7-2-1-3(10(12)13)4(8)5(9)6(2)11/h1,11H. The van der Waals surface area contributed by atoms with Gasteiger partial charge in [-0.15, -0.1) is 0 Å². The molecule has 0 saturated carbocycles. The van der Waals surface area contributed by atoms with Gasteiger partial charge in [0.1, 0.15) is 9.32 Å². The zero-order valence-electron chi connectivity index (χ0n) is 5.92. The van der Waals surface area contributed by atoms with Crippen LogP contribution in [0.1, 0.15) is 0 Å². The van der Waals surface area contributed by atoms with Crippen molar-refractivity contribution in [1.29, 1.82) is 0 Å².